The molecule has 0 fully saturated rings. The molecule has 2 aromatic rings. The molecule has 0 aromatic heterocycles. The Kier molecular flexibility index (Phi) is 4.12. The van der Waals surface area contributed by atoms with E-state index in [0.29, 0.717) is 6.04 Å². The molecule has 2 aromatic carbocycles. The van der Waals surface area contributed by atoms with Crippen molar-refractivity contribution in [3.63, 3.8) is 0 Å². The first-order valence-corrected chi connectivity index (χ1v) is 8.03. The minimum atomic E-state index is 0.510. The molecule has 1 nitrogen and oxygen atoms in total. The molecular formula is C20H25N. The highest BCUT2D eigenvalue weighted by atomic mass is 14.9. The van der Waals surface area contributed by atoms with Gasteiger partial charge in [0, 0.05) is 12.6 Å². The zero-order chi connectivity index (χ0) is 14.8. The predicted octanol–water partition coefficient (Wildman–Crippen LogP) is 4.78. The zero-order valence-electron chi connectivity index (χ0n) is 13.4. The van der Waals surface area contributed by atoms with E-state index in [1.807, 2.05) is 0 Å². The summed E-state index contributed by atoms with van der Waals surface area (Å²) < 4.78 is 0. The van der Waals surface area contributed by atoms with E-state index >= 15 is 0 Å². The van der Waals surface area contributed by atoms with E-state index in [1.165, 1.54) is 52.6 Å². The summed E-state index contributed by atoms with van der Waals surface area (Å²) in [6.07, 6.45) is 3.78. The quantitative estimate of drug-likeness (QED) is 0.852. The fourth-order valence-corrected chi connectivity index (χ4v) is 3.41. The van der Waals surface area contributed by atoms with Gasteiger partial charge in [-0.2, -0.15) is 0 Å². The summed E-state index contributed by atoms with van der Waals surface area (Å²) >= 11 is 0. The van der Waals surface area contributed by atoms with Gasteiger partial charge in [0.2, 0.25) is 0 Å². The van der Waals surface area contributed by atoms with Crippen molar-refractivity contribution in [3.8, 4) is 0 Å². The van der Waals surface area contributed by atoms with Crippen LogP contribution in [-0.2, 0) is 13.0 Å². The molecule has 1 atom stereocenters. The average Bonchev–Trinajstić information content (AvgIpc) is 2.49. The molecule has 0 spiro atoms. The summed E-state index contributed by atoms with van der Waals surface area (Å²) in [6, 6.07) is 14.1. The van der Waals surface area contributed by atoms with Crippen LogP contribution >= 0.6 is 0 Å². The third kappa shape index (κ3) is 3.03. The lowest BCUT2D eigenvalue weighted by Gasteiger charge is -2.27. The highest BCUT2D eigenvalue weighted by Gasteiger charge is 2.19. The van der Waals surface area contributed by atoms with Crippen LogP contribution in [0.4, 0.5) is 0 Å². The van der Waals surface area contributed by atoms with Gasteiger partial charge in [-0.05, 0) is 73.4 Å². The maximum Gasteiger partial charge on any atom is 0.0326 e. The van der Waals surface area contributed by atoms with Crippen molar-refractivity contribution in [1.82, 2.24) is 5.32 Å². The van der Waals surface area contributed by atoms with E-state index in [0.717, 1.165) is 6.54 Å². The zero-order valence-corrected chi connectivity index (χ0v) is 13.4. The van der Waals surface area contributed by atoms with Gasteiger partial charge in [0.15, 0.2) is 0 Å². The van der Waals surface area contributed by atoms with Gasteiger partial charge >= 0.3 is 0 Å². The number of hydrogen-bond donors (Lipinski definition) is 1. The van der Waals surface area contributed by atoms with Crippen LogP contribution in [0.5, 0.6) is 0 Å². The van der Waals surface area contributed by atoms with Crippen LogP contribution in [0, 0.1) is 20.8 Å². The predicted molar refractivity (Wildman–Crippen MR) is 89.6 cm³/mol. The molecule has 21 heavy (non-hydrogen) atoms. The van der Waals surface area contributed by atoms with Gasteiger partial charge in [-0.3, -0.25) is 0 Å². The molecule has 0 saturated carbocycles. The first kappa shape index (κ1) is 14.3. The number of rotatable bonds is 3. The second kappa shape index (κ2) is 6.03. The standard InChI is InChI=1S/C20H25N/c1-14-11-16(3)18(12-15(14)2)13-21-20-10-6-8-17-7-4-5-9-19(17)20/h4-5,7,9,11-12,20-21H,6,8,10,13H2,1-3H3. The van der Waals surface area contributed by atoms with Gasteiger partial charge in [-0.1, -0.05) is 36.4 Å². The Morgan fingerprint density at radius 2 is 1.76 bits per heavy atom. The molecule has 0 radical (unpaired) electrons. The summed E-state index contributed by atoms with van der Waals surface area (Å²) in [5.74, 6) is 0. The Balaban J connectivity index is 1.76. The molecule has 0 bridgehead atoms. The number of fused-ring (bicyclic) bond motifs is 1. The molecule has 110 valence electrons. The minimum Gasteiger partial charge on any atom is -0.306 e. The fourth-order valence-electron chi connectivity index (χ4n) is 3.41. The van der Waals surface area contributed by atoms with Crippen molar-refractivity contribution in [3.05, 3.63) is 69.8 Å². The minimum absolute atomic E-state index is 0.510. The van der Waals surface area contributed by atoms with Gasteiger partial charge in [0.25, 0.3) is 0 Å². The molecule has 0 saturated heterocycles. The van der Waals surface area contributed by atoms with Gasteiger partial charge in [0.1, 0.15) is 0 Å². The van der Waals surface area contributed by atoms with Crippen molar-refractivity contribution in [2.24, 2.45) is 0 Å². The van der Waals surface area contributed by atoms with Gasteiger partial charge < -0.3 is 5.32 Å². The fraction of sp³-hybridized carbons (Fsp3) is 0.400. The average molecular weight is 279 g/mol. The van der Waals surface area contributed by atoms with Crippen LogP contribution in [0.1, 0.15) is 52.3 Å². The topological polar surface area (TPSA) is 12.0 Å². The molecule has 1 heteroatoms. The third-order valence-electron chi connectivity index (χ3n) is 4.86. The maximum atomic E-state index is 3.78. The SMILES string of the molecule is Cc1cc(C)c(CNC2CCCc3ccccc32)cc1C. The van der Waals surface area contributed by atoms with E-state index in [1.54, 1.807) is 0 Å². The van der Waals surface area contributed by atoms with E-state index < -0.39 is 0 Å². The normalized spacial score (nSPS) is 17.6. The van der Waals surface area contributed by atoms with Crippen LogP contribution in [0.2, 0.25) is 0 Å². The molecule has 3 rings (SSSR count). The Bertz CT molecular complexity index is 642. The molecule has 1 aliphatic carbocycles. The second-order valence-corrected chi connectivity index (χ2v) is 6.39. The Morgan fingerprint density at radius 1 is 1.00 bits per heavy atom. The lowest BCUT2D eigenvalue weighted by atomic mass is 9.87. The van der Waals surface area contributed by atoms with E-state index in [4.69, 9.17) is 0 Å². The van der Waals surface area contributed by atoms with Crippen molar-refractivity contribution in [2.45, 2.75) is 52.6 Å². The summed E-state index contributed by atoms with van der Waals surface area (Å²) in [7, 11) is 0. The Labute approximate surface area is 128 Å². The molecular weight excluding hydrogens is 254 g/mol. The monoisotopic (exact) mass is 279 g/mol. The molecule has 1 aliphatic rings. The van der Waals surface area contributed by atoms with Crippen molar-refractivity contribution < 1.29 is 0 Å². The van der Waals surface area contributed by atoms with Crippen molar-refractivity contribution >= 4 is 0 Å². The Morgan fingerprint density at radius 3 is 2.62 bits per heavy atom. The van der Waals surface area contributed by atoms with E-state index in [2.05, 4.69) is 62.5 Å². The first-order chi connectivity index (χ1) is 10.1. The summed E-state index contributed by atoms with van der Waals surface area (Å²) in [5.41, 5.74) is 8.64. The second-order valence-electron chi connectivity index (χ2n) is 6.39. The van der Waals surface area contributed by atoms with Crippen LogP contribution in [0.3, 0.4) is 0 Å². The van der Waals surface area contributed by atoms with E-state index in [-0.39, 0.29) is 0 Å². The highest BCUT2D eigenvalue weighted by Crippen LogP contribution is 2.29. The first-order valence-electron chi connectivity index (χ1n) is 8.03. The lowest BCUT2D eigenvalue weighted by Crippen LogP contribution is -2.25. The van der Waals surface area contributed by atoms with Crippen LogP contribution in [0.15, 0.2) is 36.4 Å². The number of benzene rings is 2. The molecule has 1 N–H and O–H groups in total. The number of hydrogen-bond acceptors (Lipinski definition) is 1. The van der Waals surface area contributed by atoms with Gasteiger partial charge in [-0.15, -0.1) is 0 Å². The van der Waals surface area contributed by atoms with Gasteiger partial charge in [-0.25, -0.2) is 0 Å². The summed E-state index contributed by atoms with van der Waals surface area (Å²) in [6.45, 7) is 7.58. The lowest BCUT2D eigenvalue weighted by molar-refractivity contribution is 0.458. The highest BCUT2D eigenvalue weighted by molar-refractivity contribution is 5.37. The number of nitrogens with one attached hydrogen (secondary N) is 1. The van der Waals surface area contributed by atoms with Gasteiger partial charge in [0.05, 0.1) is 0 Å². The number of aryl methyl sites for hydroxylation is 4. The van der Waals surface area contributed by atoms with E-state index in [9.17, 15) is 0 Å². The molecule has 0 aliphatic heterocycles. The van der Waals surface area contributed by atoms with Crippen molar-refractivity contribution in [2.75, 3.05) is 0 Å². The molecule has 0 amide bonds. The summed E-state index contributed by atoms with van der Waals surface area (Å²) in [4.78, 5) is 0. The van der Waals surface area contributed by atoms with Crippen molar-refractivity contribution in [1.29, 1.82) is 0 Å². The molecule has 0 heterocycles. The Hall–Kier alpha value is -1.60. The summed E-state index contributed by atoms with van der Waals surface area (Å²) in [5, 5.41) is 3.78. The van der Waals surface area contributed by atoms with Crippen LogP contribution in [-0.4, -0.2) is 0 Å². The largest absolute Gasteiger partial charge is 0.306 e. The van der Waals surface area contributed by atoms with Crippen LogP contribution < -0.4 is 5.32 Å². The van der Waals surface area contributed by atoms with Crippen LogP contribution in [0.25, 0.3) is 0 Å². The third-order valence-corrected chi connectivity index (χ3v) is 4.86. The smallest absolute Gasteiger partial charge is 0.0326 e. The maximum absolute atomic E-state index is 3.78. The molecule has 1 unspecified atom stereocenters.